The first-order chi connectivity index (χ1) is 7.31. The third kappa shape index (κ3) is 5.45. The van der Waals surface area contributed by atoms with Crippen molar-refractivity contribution in [2.75, 3.05) is 18.9 Å². The van der Waals surface area contributed by atoms with E-state index in [1.807, 2.05) is 19.9 Å². The number of hydrogen-bond donors (Lipinski definition) is 0. The molecule has 0 amide bonds. The minimum Gasteiger partial charge on any atom is -0.378 e. The van der Waals surface area contributed by atoms with E-state index in [1.165, 1.54) is 4.31 Å². The molecule has 0 aromatic heterocycles. The molecule has 0 heterocycles. The average Bonchev–Trinajstić information content (AvgIpc) is 2.12. The van der Waals surface area contributed by atoms with Gasteiger partial charge in [0.25, 0.3) is 0 Å². The van der Waals surface area contributed by atoms with Crippen molar-refractivity contribution in [2.45, 2.75) is 39.8 Å². The summed E-state index contributed by atoms with van der Waals surface area (Å²) in [6.07, 6.45) is 0.0127. The molecule has 16 heavy (non-hydrogen) atoms. The number of hydrogen-bond acceptors (Lipinski definition) is 4. The zero-order valence-electron chi connectivity index (χ0n) is 10.3. The van der Waals surface area contributed by atoms with E-state index < -0.39 is 10.0 Å². The Kier molecular flexibility index (Phi) is 6.56. The Balaban J connectivity index is 4.44. The van der Waals surface area contributed by atoms with Crippen LogP contribution >= 0.6 is 0 Å². The number of nitriles is 1. The van der Waals surface area contributed by atoms with Gasteiger partial charge in [0.1, 0.15) is 6.54 Å². The van der Waals surface area contributed by atoms with Gasteiger partial charge >= 0.3 is 0 Å². The second-order valence-electron chi connectivity index (χ2n) is 4.03. The molecule has 0 unspecified atom stereocenters. The molecule has 0 rings (SSSR count). The third-order valence-electron chi connectivity index (χ3n) is 1.95. The van der Waals surface area contributed by atoms with Crippen LogP contribution in [0.1, 0.15) is 27.7 Å². The van der Waals surface area contributed by atoms with Gasteiger partial charge in [-0.3, -0.25) is 0 Å². The summed E-state index contributed by atoms with van der Waals surface area (Å²) in [6.45, 7) is 7.25. The van der Waals surface area contributed by atoms with E-state index in [-0.39, 0.29) is 31.1 Å². The van der Waals surface area contributed by atoms with Gasteiger partial charge in [0.15, 0.2) is 0 Å². The molecule has 0 radical (unpaired) electrons. The van der Waals surface area contributed by atoms with Crippen LogP contribution in [0.4, 0.5) is 0 Å². The summed E-state index contributed by atoms with van der Waals surface area (Å²) in [4.78, 5) is 0. The molecule has 0 aliphatic carbocycles. The second-order valence-corrected chi connectivity index (χ2v) is 6.07. The van der Waals surface area contributed by atoms with Gasteiger partial charge in [0, 0.05) is 6.04 Å². The van der Waals surface area contributed by atoms with Crippen molar-refractivity contribution in [3.05, 3.63) is 0 Å². The normalized spacial score (nSPS) is 12.4. The van der Waals surface area contributed by atoms with E-state index in [1.54, 1.807) is 13.8 Å². The van der Waals surface area contributed by atoms with Gasteiger partial charge in [-0.05, 0) is 27.7 Å². The lowest BCUT2D eigenvalue weighted by molar-refractivity contribution is 0.0906. The predicted octanol–water partition coefficient (Wildman–Crippen LogP) is 0.975. The number of nitrogens with zero attached hydrogens (tertiary/aromatic N) is 2. The monoisotopic (exact) mass is 248 g/mol. The maximum absolute atomic E-state index is 11.8. The van der Waals surface area contributed by atoms with E-state index in [9.17, 15) is 8.42 Å². The fraction of sp³-hybridized carbons (Fsp3) is 0.900. The summed E-state index contributed by atoms with van der Waals surface area (Å²) < 4.78 is 30.1. The molecule has 94 valence electrons. The molecule has 0 aromatic rings. The van der Waals surface area contributed by atoms with Crippen LogP contribution in [0.2, 0.25) is 0 Å². The standard InChI is InChI=1S/C10H20N2O3S/c1-9(2)12(6-5-11)16(13,14)8-7-15-10(3)4/h9-10H,6-8H2,1-4H3. The largest absolute Gasteiger partial charge is 0.378 e. The fourth-order valence-electron chi connectivity index (χ4n) is 1.18. The van der Waals surface area contributed by atoms with Crippen molar-refractivity contribution < 1.29 is 13.2 Å². The zero-order chi connectivity index (χ0) is 12.8. The molecule has 0 atom stereocenters. The molecule has 6 heteroatoms. The second kappa shape index (κ2) is 6.84. The molecule has 0 aliphatic heterocycles. The summed E-state index contributed by atoms with van der Waals surface area (Å²) >= 11 is 0. The summed E-state index contributed by atoms with van der Waals surface area (Å²) in [5, 5.41) is 8.58. The molecule has 0 aliphatic rings. The highest BCUT2D eigenvalue weighted by Gasteiger charge is 2.24. The Morgan fingerprint density at radius 2 is 1.88 bits per heavy atom. The topological polar surface area (TPSA) is 70.4 Å². The molecular formula is C10H20N2O3S. The van der Waals surface area contributed by atoms with Gasteiger partial charge in [-0.25, -0.2) is 8.42 Å². The lowest BCUT2D eigenvalue weighted by Crippen LogP contribution is -2.39. The zero-order valence-corrected chi connectivity index (χ0v) is 11.1. The Bertz CT molecular complexity index is 330. The highest BCUT2D eigenvalue weighted by Crippen LogP contribution is 2.07. The van der Waals surface area contributed by atoms with E-state index >= 15 is 0 Å². The van der Waals surface area contributed by atoms with Crippen molar-refractivity contribution in [2.24, 2.45) is 0 Å². The number of rotatable bonds is 7. The summed E-state index contributed by atoms with van der Waals surface area (Å²) in [7, 11) is -3.39. The molecule has 0 saturated heterocycles. The van der Waals surface area contributed by atoms with Crippen LogP contribution in [0.25, 0.3) is 0 Å². The van der Waals surface area contributed by atoms with Crippen molar-refractivity contribution in [3.63, 3.8) is 0 Å². The van der Waals surface area contributed by atoms with Crippen LogP contribution in [-0.4, -0.2) is 43.8 Å². The minimum atomic E-state index is -3.39. The van der Waals surface area contributed by atoms with E-state index in [4.69, 9.17) is 10.00 Å². The summed E-state index contributed by atoms with van der Waals surface area (Å²) in [5.74, 6) is -0.0783. The maximum atomic E-state index is 11.8. The highest BCUT2D eigenvalue weighted by atomic mass is 32.2. The van der Waals surface area contributed by atoms with Gasteiger partial charge in [0.2, 0.25) is 10.0 Å². The number of sulfonamides is 1. The molecule has 0 saturated carbocycles. The van der Waals surface area contributed by atoms with Gasteiger partial charge in [-0.15, -0.1) is 0 Å². The highest BCUT2D eigenvalue weighted by molar-refractivity contribution is 7.89. The van der Waals surface area contributed by atoms with Crippen molar-refractivity contribution >= 4 is 10.0 Å². The van der Waals surface area contributed by atoms with Crippen LogP contribution < -0.4 is 0 Å². The van der Waals surface area contributed by atoms with Crippen molar-refractivity contribution in [1.29, 1.82) is 5.26 Å². The molecule has 0 spiro atoms. The van der Waals surface area contributed by atoms with Gasteiger partial charge in [-0.1, -0.05) is 0 Å². The lowest BCUT2D eigenvalue weighted by Gasteiger charge is -2.23. The summed E-state index contributed by atoms with van der Waals surface area (Å²) in [5.41, 5.74) is 0. The van der Waals surface area contributed by atoms with Crippen LogP contribution in [0.3, 0.4) is 0 Å². The first-order valence-corrected chi connectivity index (χ1v) is 6.90. The molecular weight excluding hydrogens is 228 g/mol. The Morgan fingerprint density at radius 3 is 2.25 bits per heavy atom. The quantitative estimate of drug-likeness (QED) is 0.630. The van der Waals surface area contributed by atoms with Crippen molar-refractivity contribution in [3.8, 4) is 6.07 Å². The lowest BCUT2D eigenvalue weighted by atomic mass is 10.4. The Labute approximate surface area is 98.1 Å². The third-order valence-corrected chi connectivity index (χ3v) is 3.90. The van der Waals surface area contributed by atoms with Crippen molar-refractivity contribution in [1.82, 2.24) is 4.31 Å². The predicted molar refractivity (Wildman–Crippen MR) is 62.3 cm³/mol. The van der Waals surface area contributed by atoms with Crippen LogP contribution in [0.5, 0.6) is 0 Å². The number of ether oxygens (including phenoxy) is 1. The molecule has 0 N–H and O–H groups in total. The van der Waals surface area contributed by atoms with E-state index in [2.05, 4.69) is 0 Å². The van der Waals surface area contributed by atoms with Crippen LogP contribution in [0, 0.1) is 11.3 Å². The molecule has 5 nitrogen and oxygen atoms in total. The molecule has 0 aromatic carbocycles. The maximum Gasteiger partial charge on any atom is 0.217 e. The minimum absolute atomic E-state index is 0.0127. The van der Waals surface area contributed by atoms with Crippen LogP contribution in [-0.2, 0) is 14.8 Å². The van der Waals surface area contributed by atoms with E-state index in [0.717, 1.165) is 0 Å². The van der Waals surface area contributed by atoms with E-state index in [0.29, 0.717) is 0 Å². The first kappa shape index (κ1) is 15.4. The first-order valence-electron chi connectivity index (χ1n) is 5.29. The SMILES string of the molecule is CC(C)OCCS(=O)(=O)N(CC#N)C(C)C. The molecule has 0 bridgehead atoms. The average molecular weight is 248 g/mol. The Hall–Kier alpha value is -0.640. The van der Waals surface area contributed by atoms with Gasteiger partial charge in [-0.2, -0.15) is 9.57 Å². The fourth-order valence-corrected chi connectivity index (χ4v) is 2.62. The van der Waals surface area contributed by atoms with Gasteiger partial charge < -0.3 is 4.74 Å². The molecule has 0 fully saturated rings. The summed E-state index contributed by atoms with van der Waals surface area (Å²) in [6, 6.07) is 1.66. The Morgan fingerprint density at radius 1 is 1.31 bits per heavy atom. The van der Waals surface area contributed by atoms with Crippen LogP contribution in [0.15, 0.2) is 0 Å². The van der Waals surface area contributed by atoms with Gasteiger partial charge in [0.05, 0.1) is 24.5 Å². The smallest absolute Gasteiger partial charge is 0.217 e.